The van der Waals surface area contributed by atoms with Gasteiger partial charge in [0.05, 0.1) is 18.1 Å². The lowest BCUT2D eigenvalue weighted by Gasteiger charge is -2.30. The molecule has 2 aromatic rings. The molecule has 2 aromatic carbocycles. The minimum absolute atomic E-state index is 0.105. The molecule has 2 N–H and O–H groups in total. The lowest BCUT2D eigenvalue weighted by atomic mass is 9.78. The first-order valence-corrected chi connectivity index (χ1v) is 10.4. The molecule has 1 aliphatic heterocycles. The fourth-order valence-electron chi connectivity index (χ4n) is 4.65. The second-order valence-corrected chi connectivity index (χ2v) is 8.22. The Bertz CT molecular complexity index is 923. The van der Waals surface area contributed by atoms with Crippen molar-refractivity contribution in [1.82, 2.24) is 10.2 Å². The van der Waals surface area contributed by atoms with Crippen molar-refractivity contribution in [2.24, 2.45) is 11.8 Å². The number of nitrogens with zero attached hydrogens (tertiary/aromatic N) is 1. The van der Waals surface area contributed by atoms with E-state index in [1.807, 2.05) is 60.7 Å². The maximum atomic E-state index is 13.3. The summed E-state index contributed by atoms with van der Waals surface area (Å²) < 4.78 is 0. The molecule has 2 fully saturated rings. The van der Waals surface area contributed by atoms with E-state index in [1.54, 1.807) is 0 Å². The lowest BCUT2D eigenvalue weighted by Crippen LogP contribution is -2.47. The molecule has 6 nitrogen and oxygen atoms in total. The van der Waals surface area contributed by atoms with Crippen LogP contribution in [0.3, 0.4) is 0 Å². The number of carbonyl (C=O) groups excluding carboxylic acids is 3. The van der Waals surface area contributed by atoms with Gasteiger partial charge in [0.2, 0.25) is 17.7 Å². The molecule has 0 aromatic heterocycles. The summed E-state index contributed by atoms with van der Waals surface area (Å²) in [5, 5.41) is 14.0. The summed E-state index contributed by atoms with van der Waals surface area (Å²) in [5.41, 5.74) is 0.397. The van der Waals surface area contributed by atoms with Crippen LogP contribution in [0.25, 0.3) is 0 Å². The molecule has 1 aliphatic carbocycles. The summed E-state index contributed by atoms with van der Waals surface area (Å²) >= 11 is 0. The van der Waals surface area contributed by atoms with Crippen LogP contribution in [-0.2, 0) is 27.5 Å². The molecule has 30 heavy (non-hydrogen) atoms. The number of nitrogens with one attached hydrogen (secondary N) is 1. The van der Waals surface area contributed by atoms with Crippen LogP contribution in [0, 0.1) is 11.8 Å². The highest BCUT2D eigenvalue weighted by atomic mass is 16.3. The molecule has 1 heterocycles. The fraction of sp³-hybridized carbons (Fsp3) is 0.375. The SMILES string of the molecule is O=C(NCc1ccccc1)[C@@H]1C(=O)N(Cc2ccccc2)C(=O)[C@@H]1C1(O)CCCC1. The van der Waals surface area contributed by atoms with Crippen molar-refractivity contribution in [2.45, 2.75) is 44.4 Å². The molecule has 6 heteroatoms. The van der Waals surface area contributed by atoms with Crippen LogP contribution >= 0.6 is 0 Å². The van der Waals surface area contributed by atoms with E-state index in [2.05, 4.69) is 5.32 Å². The van der Waals surface area contributed by atoms with Gasteiger partial charge in [-0.3, -0.25) is 19.3 Å². The molecule has 2 aliphatic rings. The van der Waals surface area contributed by atoms with Gasteiger partial charge in [0.15, 0.2) is 0 Å². The van der Waals surface area contributed by atoms with Crippen LogP contribution in [-0.4, -0.2) is 33.3 Å². The van der Waals surface area contributed by atoms with Crippen LogP contribution < -0.4 is 5.32 Å². The number of amides is 3. The predicted octanol–water partition coefficient (Wildman–Crippen LogP) is 2.41. The first-order chi connectivity index (χ1) is 14.5. The zero-order chi connectivity index (χ0) is 21.1. The molecule has 1 saturated heterocycles. The van der Waals surface area contributed by atoms with Crippen molar-refractivity contribution in [3.05, 3.63) is 71.8 Å². The topological polar surface area (TPSA) is 86.7 Å². The van der Waals surface area contributed by atoms with Gasteiger partial charge in [0.25, 0.3) is 0 Å². The molecule has 0 bridgehead atoms. The number of carbonyl (C=O) groups is 3. The monoisotopic (exact) mass is 406 g/mol. The first-order valence-electron chi connectivity index (χ1n) is 10.4. The standard InChI is InChI=1S/C24H26N2O4/c27-21(25-15-17-9-3-1-4-10-17)19-20(24(30)13-7-8-14-24)23(29)26(22(19)28)16-18-11-5-2-6-12-18/h1-6,9-12,19-20,30H,7-8,13-16H2,(H,25,27)/t19-,20-/m1/s1. The number of hydrogen-bond donors (Lipinski definition) is 2. The molecule has 4 rings (SSSR count). The maximum Gasteiger partial charge on any atom is 0.243 e. The quantitative estimate of drug-likeness (QED) is 0.570. The van der Waals surface area contributed by atoms with Gasteiger partial charge in [-0.1, -0.05) is 73.5 Å². The summed E-state index contributed by atoms with van der Waals surface area (Å²) in [7, 11) is 0. The third-order valence-corrected chi connectivity index (χ3v) is 6.22. The molecule has 2 atom stereocenters. The van der Waals surface area contributed by atoms with E-state index in [4.69, 9.17) is 0 Å². The van der Waals surface area contributed by atoms with Crippen LogP contribution in [0.15, 0.2) is 60.7 Å². The van der Waals surface area contributed by atoms with E-state index in [9.17, 15) is 19.5 Å². The number of imide groups is 1. The number of aliphatic hydroxyl groups is 1. The summed E-state index contributed by atoms with van der Waals surface area (Å²) in [6, 6.07) is 18.6. The van der Waals surface area contributed by atoms with Gasteiger partial charge < -0.3 is 10.4 Å². The van der Waals surface area contributed by atoms with Crippen LogP contribution in [0.2, 0.25) is 0 Å². The third-order valence-electron chi connectivity index (χ3n) is 6.22. The normalized spacial score (nSPS) is 23.0. The summed E-state index contributed by atoms with van der Waals surface area (Å²) in [5.74, 6) is -3.72. The Labute approximate surface area is 175 Å². The Hall–Kier alpha value is -2.99. The van der Waals surface area contributed by atoms with Gasteiger partial charge in [0, 0.05) is 6.54 Å². The zero-order valence-electron chi connectivity index (χ0n) is 16.8. The Morgan fingerprint density at radius 2 is 1.50 bits per heavy atom. The van der Waals surface area contributed by atoms with Crippen molar-refractivity contribution in [1.29, 1.82) is 0 Å². The van der Waals surface area contributed by atoms with Crippen molar-refractivity contribution in [2.75, 3.05) is 0 Å². The van der Waals surface area contributed by atoms with E-state index in [0.717, 1.165) is 28.9 Å². The van der Waals surface area contributed by atoms with E-state index in [-0.39, 0.29) is 13.1 Å². The van der Waals surface area contributed by atoms with Gasteiger partial charge in [-0.05, 0) is 24.0 Å². The Balaban J connectivity index is 1.58. The Morgan fingerprint density at radius 1 is 0.933 bits per heavy atom. The summed E-state index contributed by atoms with van der Waals surface area (Å²) in [6.45, 7) is 0.370. The average molecular weight is 406 g/mol. The Kier molecular flexibility index (Phi) is 5.68. The lowest BCUT2D eigenvalue weighted by molar-refractivity contribution is -0.143. The molecule has 156 valence electrons. The molecule has 1 saturated carbocycles. The third kappa shape index (κ3) is 3.87. The first kappa shape index (κ1) is 20.3. The number of benzene rings is 2. The van der Waals surface area contributed by atoms with Crippen LogP contribution in [0.5, 0.6) is 0 Å². The van der Waals surface area contributed by atoms with Gasteiger partial charge >= 0.3 is 0 Å². The fourth-order valence-corrected chi connectivity index (χ4v) is 4.65. The van der Waals surface area contributed by atoms with Gasteiger partial charge in [-0.15, -0.1) is 0 Å². The van der Waals surface area contributed by atoms with Crippen molar-refractivity contribution in [3.8, 4) is 0 Å². The minimum atomic E-state index is -1.31. The molecular formula is C24H26N2O4. The minimum Gasteiger partial charge on any atom is -0.389 e. The van der Waals surface area contributed by atoms with E-state index >= 15 is 0 Å². The second-order valence-electron chi connectivity index (χ2n) is 8.22. The molecule has 3 amide bonds. The summed E-state index contributed by atoms with van der Waals surface area (Å²) in [4.78, 5) is 40.7. The number of hydrogen-bond acceptors (Lipinski definition) is 4. The highest BCUT2D eigenvalue weighted by Crippen LogP contribution is 2.44. The maximum absolute atomic E-state index is 13.3. The second kappa shape index (κ2) is 8.40. The van der Waals surface area contributed by atoms with Gasteiger partial charge in [0.1, 0.15) is 5.92 Å². The van der Waals surface area contributed by atoms with Crippen LogP contribution in [0.4, 0.5) is 0 Å². The molecule has 0 spiro atoms. The molecule has 0 radical (unpaired) electrons. The van der Waals surface area contributed by atoms with Crippen molar-refractivity contribution in [3.63, 3.8) is 0 Å². The summed E-state index contributed by atoms with van der Waals surface area (Å²) in [6.07, 6.45) is 2.42. The smallest absolute Gasteiger partial charge is 0.243 e. The van der Waals surface area contributed by atoms with Gasteiger partial charge in [-0.25, -0.2) is 0 Å². The predicted molar refractivity (Wildman–Crippen MR) is 111 cm³/mol. The number of likely N-dealkylation sites (tertiary alicyclic amines) is 1. The van der Waals surface area contributed by atoms with Gasteiger partial charge in [-0.2, -0.15) is 0 Å². The van der Waals surface area contributed by atoms with Crippen LogP contribution in [0.1, 0.15) is 36.8 Å². The van der Waals surface area contributed by atoms with Crippen molar-refractivity contribution >= 4 is 17.7 Å². The van der Waals surface area contributed by atoms with Crippen molar-refractivity contribution < 1.29 is 19.5 Å². The highest BCUT2D eigenvalue weighted by Gasteiger charge is 2.59. The average Bonchev–Trinajstić information content (AvgIpc) is 3.31. The van der Waals surface area contributed by atoms with E-state index < -0.39 is 35.2 Å². The van der Waals surface area contributed by atoms with E-state index in [1.165, 1.54) is 0 Å². The zero-order valence-corrected chi connectivity index (χ0v) is 16.8. The highest BCUT2D eigenvalue weighted by molar-refractivity contribution is 6.15. The number of rotatable bonds is 6. The van der Waals surface area contributed by atoms with E-state index in [0.29, 0.717) is 12.8 Å². The molecule has 0 unspecified atom stereocenters. The largest absolute Gasteiger partial charge is 0.389 e. The Morgan fingerprint density at radius 3 is 2.10 bits per heavy atom. The molecular weight excluding hydrogens is 380 g/mol.